The molecule has 0 bridgehead atoms. The van der Waals surface area contributed by atoms with Crippen molar-refractivity contribution in [1.82, 2.24) is 0 Å². The van der Waals surface area contributed by atoms with E-state index in [9.17, 15) is 0 Å². The predicted molar refractivity (Wildman–Crippen MR) is 312 cm³/mol. The van der Waals surface area contributed by atoms with Crippen molar-refractivity contribution < 1.29 is 8.83 Å². The molecule has 17 rings (SSSR count). The Kier molecular flexibility index (Phi) is 8.09. The Hall–Kier alpha value is -8.88. The average molecular weight is 965 g/mol. The molecular weight excluding hydrogens is 928 g/mol. The first-order valence-electron chi connectivity index (χ1n) is 24.8. The molecule has 0 spiro atoms. The molecule has 15 aromatic rings. The van der Waals surface area contributed by atoms with Crippen molar-refractivity contribution in [3.63, 3.8) is 0 Å². The van der Waals surface area contributed by atoms with Crippen LogP contribution in [0.3, 0.4) is 0 Å². The maximum Gasteiger partial charge on any atom is 0.252 e. The SMILES string of the molecule is c1ccc(-c2cc3c(cc2N2c4cc5sc6ccccc6c5cc4B4c5cc6c(cc5N(c5cc7oc8ccccc8c7cc5-c5ccccc5)c5cccc2c54)sc2ccccc26)oc2ccccc23)cc1. The Labute approximate surface area is 426 Å². The Morgan fingerprint density at radius 1 is 0.288 bits per heavy atom. The number of rotatable bonds is 4. The van der Waals surface area contributed by atoms with Crippen molar-refractivity contribution in [3.8, 4) is 22.3 Å². The van der Waals surface area contributed by atoms with Gasteiger partial charge >= 0.3 is 0 Å². The van der Waals surface area contributed by atoms with Crippen LogP contribution in [0.1, 0.15) is 0 Å². The molecule has 0 fully saturated rings. The van der Waals surface area contributed by atoms with E-state index in [0.717, 1.165) is 88.9 Å². The number of benzene rings is 11. The monoisotopic (exact) mass is 964 g/mol. The van der Waals surface area contributed by atoms with Crippen molar-refractivity contribution >= 4 is 164 Å². The normalized spacial score (nSPS) is 13.1. The number of fused-ring (bicyclic) bond motifs is 16. The second-order valence-electron chi connectivity index (χ2n) is 19.5. The third-order valence-electron chi connectivity index (χ3n) is 15.6. The van der Waals surface area contributed by atoms with Gasteiger partial charge in [-0.15, -0.1) is 22.7 Å². The number of thiophene rings is 2. The highest BCUT2D eigenvalue weighted by atomic mass is 32.1. The summed E-state index contributed by atoms with van der Waals surface area (Å²) >= 11 is 3.75. The summed E-state index contributed by atoms with van der Waals surface area (Å²) in [6.07, 6.45) is 0. The molecule has 73 heavy (non-hydrogen) atoms. The summed E-state index contributed by atoms with van der Waals surface area (Å²) in [5, 5.41) is 9.56. The van der Waals surface area contributed by atoms with Gasteiger partial charge in [0, 0.05) is 97.1 Å². The number of hydrogen-bond donors (Lipinski definition) is 0. The highest BCUT2D eigenvalue weighted by Gasteiger charge is 2.45. The van der Waals surface area contributed by atoms with E-state index in [4.69, 9.17) is 8.83 Å². The number of anilines is 6. The van der Waals surface area contributed by atoms with Gasteiger partial charge in [-0.05, 0) is 99.0 Å². The summed E-state index contributed by atoms with van der Waals surface area (Å²) < 4.78 is 18.7. The Morgan fingerprint density at radius 3 is 1.19 bits per heavy atom. The molecule has 0 amide bonds. The molecule has 0 radical (unpaired) electrons. The first kappa shape index (κ1) is 39.8. The molecule has 0 N–H and O–H groups in total. The van der Waals surface area contributed by atoms with Crippen molar-refractivity contribution in [2.24, 2.45) is 0 Å². The fourth-order valence-electron chi connectivity index (χ4n) is 12.5. The molecule has 338 valence electrons. The molecule has 2 aliphatic heterocycles. The van der Waals surface area contributed by atoms with Crippen LogP contribution < -0.4 is 26.2 Å². The van der Waals surface area contributed by atoms with E-state index < -0.39 is 0 Å². The molecule has 11 aromatic carbocycles. The van der Waals surface area contributed by atoms with Crippen molar-refractivity contribution in [2.45, 2.75) is 0 Å². The van der Waals surface area contributed by atoms with E-state index in [1.807, 2.05) is 22.7 Å². The third kappa shape index (κ3) is 5.61. The van der Waals surface area contributed by atoms with Gasteiger partial charge in [0.25, 0.3) is 6.71 Å². The van der Waals surface area contributed by atoms with E-state index in [1.54, 1.807) is 0 Å². The van der Waals surface area contributed by atoms with E-state index in [2.05, 4.69) is 234 Å². The maximum atomic E-state index is 6.80. The quantitative estimate of drug-likeness (QED) is 0.165. The Balaban J connectivity index is 1.03. The second kappa shape index (κ2) is 14.8. The first-order valence-corrected chi connectivity index (χ1v) is 26.5. The minimum atomic E-state index is -0.111. The lowest BCUT2D eigenvalue weighted by Gasteiger charge is -2.44. The van der Waals surface area contributed by atoms with Gasteiger partial charge in [0.05, 0.1) is 11.4 Å². The molecule has 0 atom stereocenters. The Morgan fingerprint density at radius 2 is 0.712 bits per heavy atom. The fraction of sp³-hybridized carbons (Fsp3) is 0. The van der Waals surface area contributed by atoms with Crippen molar-refractivity contribution in [2.75, 3.05) is 9.80 Å². The van der Waals surface area contributed by atoms with Crippen LogP contribution in [0.25, 0.3) is 106 Å². The number of furan rings is 2. The highest BCUT2D eigenvalue weighted by Crippen LogP contribution is 2.52. The standard InChI is InChI=1S/C66H37BN2O2S2/c1-3-16-38(17-4-1)44-30-46-40-20-7-11-26-58(40)70-60(46)34-54(44)68-52-24-15-25-53-66(52)67(50-32-48-42-22-9-13-28-62(42)72-64(48)36-56(50)68)51-33-49-43-23-10-14-29-63(43)73-65(49)37-57(51)69(53)55-35-61-47(41-21-8-12-27-59(41)71-61)31-45(55)39-18-5-2-6-19-39/h1-37H. The van der Waals surface area contributed by atoms with E-state index >= 15 is 0 Å². The van der Waals surface area contributed by atoms with Gasteiger partial charge in [0.15, 0.2) is 0 Å². The van der Waals surface area contributed by atoms with Gasteiger partial charge in [-0.25, -0.2) is 0 Å². The highest BCUT2D eigenvalue weighted by molar-refractivity contribution is 7.26. The van der Waals surface area contributed by atoms with Crippen LogP contribution in [-0.2, 0) is 0 Å². The molecule has 0 saturated carbocycles. The van der Waals surface area contributed by atoms with Gasteiger partial charge in [0.2, 0.25) is 0 Å². The summed E-state index contributed by atoms with van der Waals surface area (Å²) in [6, 6.07) is 82.7. The smallest absolute Gasteiger partial charge is 0.252 e. The van der Waals surface area contributed by atoms with Crippen LogP contribution >= 0.6 is 22.7 Å². The zero-order valence-electron chi connectivity index (χ0n) is 39.0. The minimum Gasteiger partial charge on any atom is -0.456 e. The number of para-hydroxylation sites is 2. The van der Waals surface area contributed by atoms with Gasteiger partial charge in [-0.1, -0.05) is 152 Å². The summed E-state index contributed by atoms with van der Waals surface area (Å²) in [7, 11) is 0. The lowest BCUT2D eigenvalue weighted by Crippen LogP contribution is -2.61. The van der Waals surface area contributed by atoms with Crippen LogP contribution in [0.2, 0.25) is 0 Å². The summed E-state index contributed by atoms with van der Waals surface area (Å²) in [5.41, 5.74) is 18.6. The third-order valence-corrected chi connectivity index (χ3v) is 17.9. The molecule has 4 aromatic heterocycles. The van der Waals surface area contributed by atoms with Crippen LogP contribution in [0.4, 0.5) is 34.1 Å². The molecule has 0 saturated heterocycles. The molecule has 2 aliphatic rings. The van der Waals surface area contributed by atoms with Crippen LogP contribution in [-0.4, -0.2) is 6.71 Å². The lowest BCUT2D eigenvalue weighted by atomic mass is 9.33. The average Bonchev–Trinajstić information content (AvgIpc) is 4.24. The van der Waals surface area contributed by atoms with Gasteiger partial charge in [-0.3, -0.25) is 0 Å². The minimum absolute atomic E-state index is 0.111. The van der Waals surface area contributed by atoms with E-state index in [1.165, 1.54) is 68.1 Å². The lowest BCUT2D eigenvalue weighted by molar-refractivity contribution is 0.668. The fourth-order valence-corrected chi connectivity index (χ4v) is 14.7. The molecule has 7 heteroatoms. The molecule has 4 nitrogen and oxygen atoms in total. The summed E-state index contributed by atoms with van der Waals surface area (Å²) in [6.45, 7) is -0.111. The van der Waals surface area contributed by atoms with Crippen LogP contribution in [0, 0.1) is 0 Å². The Bertz CT molecular complexity index is 4540. The first-order chi connectivity index (χ1) is 36.2. The molecule has 6 heterocycles. The largest absolute Gasteiger partial charge is 0.456 e. The van der Waals surface area contributed by atoms with E-state index in [-0.39, 0.29) is 6.71 Å². The maximum absolute atomic E-state index is 6.80. The van der Waals surface area contributed by atoms with Crippen molar-refractivity contribution in [3.05, 3.63) is 224 Å². The second-order valence-corrected chi connectivity index (χ2v) is 21.7. The van der Waals surface area contributed by atoms with Crippen LogP contribution in [0.5, 0.6) is 0 Å². The molecule has 0 aliphatic carbocycles. The van der Waals surface area contributed by atoms with Crippen molar-refractivity contribution in [1.29, 1.82) is 0 Å². The van der Waals surface area contributed by atoms with E-state index in [0.29, 0.717) is 0 Å². The molecular formula is C66H37BN2O2S2. The zero-order chi connectivity index (χ0) is 47.5. The predicted octanol–water partition coefficient (Wildman–Crippen LogP) is 17.6. The van der Waals surface area contributed by atoms with Gasteiger partial charge < -0.3 is 18.6 Å². The van der Waals surface area contributed by atoms with Gasteiger partial charge in [-0.2, -0.15) is 0 Å². The zero-order valence-corrected chi connectivity index (χ0v) is 40.6. The molecule has 0 unspecified atom stereocenters. The summed E-state index contributed by atoms with van der Waals surface area (Å²) in [4.78, 5) is 5.12. The summed E-state index contributed by atoms with van der Waals surface area (Å²) in [5.74, 6) is 0. The van der Waals surface area contributed by atoms with Gasteiger partial charge in [0.1, 0.15) is 22.3 Å². The topological polar surface area (TPSA) is 32.8 Å². The number of nitrogens with zero attached hydrogens (tertiary/aromatic N) is 2. The number of hydrogen-bond acceptors (Lipinski definition) is 6. The van der Waals surface area contributed by atoms with Crippen LogP contribution in [0.15, 0.2) is 233 Å².